The van der Waals surface area contributed by atoms with E-state index >= 15 is 0 Å². The highest BCUT2D eigenvalue weighted by atomic mass is 79.9. The predicted molar refractivity (Wildman–Crippen MR) is 57.6 cm³/mol. The number of hydrogen-bond donors (Lipinski definition) is 1. The minimum atomic E-state index is -0.211. The number of H-pyrrole nitrogens is 1. The van der Waals surface area contributed by atoms with Crippen LogP contribution in [-0.2, 0) is 0 Å². The van der Waals surface area contributed by atoms with Gasteiger partial charge in [0.1, 0.15) is 15.9 Å². The molecule has 0 radical (unpaired) electrons. The van der Waals surface area contributed by atoms with Gasteiger partial charge in [0.2, 0.25) is 0 Å². The third kappa shape index (κ3) is 1.53. The minimum absolute atomic E-state index is 0.211. The van der Waals surface area contributed by atoms with Crippen LogP contribution in [0, 0.1) is 6.92 Å². The summed E-state index contributed by atoms with van der Waals surface area (Å²) in [4.78, 5) is 22.2. The number of nitrogens with zero attached hydrogens (tertiary/aromatic N) is 2. The van der Waals surface area contributed by atoms with Crippen molar-refractivity contribution in [1.29, 1.82) is 0 Å². The number of pyridine rings is 1. The number of nitrogens with one attached hydrogen (secondary N) is 1. The Morgan fingerprint density at radius 1 is 1.50 bits per heavy atom. The predicted octanol–water partition coefficient (Wildman–Crippen LogP) is 2.04. The summed E-state index contributed by atoms with van der Waals surface area (Å²) in [5.74, 6) is 0.522. The molecular weight excluding hydrogens is 269 g/mol. The first-order valence-electron chi connectivity index (χ1n) is 3.80. The van der Waals surface area contributed by atoms with E-state index in [0.29, 0.717) is 21.3 Å². The highest BCUT2D eigenvalue weighted by molar-refractivity contribution is 9.10. The van der Waals surface area contributed by atoms with Crippen molar-refractivity contribution in [3.05, 3.63) is 32.0 Å². The molecular formula is C8H5BrClN3O. The SMILES string of the molecule is Cc1nc2c(Cl)nc(Br)cc2c(=O)[nH]1. The molecule has 0 saturated heterocycles. The van der Waals surface area contributed by atoms with Gasteiger partial charge in [0.05, 0.1) is 5.39 Å². The van der Waals surface area contributed by atoms with Crippen LogP contribution in [0.3, 0.4) is 0 Å². The monoisotopic (exact) mass is 273 g/mol. The molecule has 4 nitrogen and oxygen atoms in total. The Morgan fingerprint density at radius 3 is 2.93 bits per heavy atom. The van der Waals surface area contributed by atoms with Crippen LogP contribution in [0.5, 0.6) is 0 Å². The van der Waals surface area contributed by atoms with E-state index in [1.165, 1.54) is 0 Å². The van der Waals surface area contributed by atoms with Crippen LogP contribution in [0.25, 0.3) is 10.9 Å². The van der Waals surface area contributed by atoms with Crippen molar-refractivity contribution >= 4 is 38.4 Å². The Labute approximate surface area is 92.5 Å². The molecule has 0 aromatic carbocycles. The Morgan fingerprint density at radius 2 is 2.21 bits per heavy atom. The zero-order valence-electron chi connectivity index (χ0n) is 7.14. The van der Waals surface area contributed by atoms with Crippen LogP contribution in [-0.4, -0.2) is 15.0 Å². The van der Waals surface area contributed by atoms with E-state index in [1.807, 2.05) is 0 Å². The molecule has 2 heterocycles. The smallest absolute Gasteiger partial charge is 0.258 e. The first-order chi connectivity index (χ1) is 6.58. The average Bonchev–Trinajstić information content (AvgIpc) is 2.07. The van der Waals surface area contributed by atoms with E-state index in [2.05, 4.69) is 30.9 Å². The molecule has 0 spiro atoms. The summed E-state index contributed by atoms with van der Waals surface area (Å²) in [5, 5.41) is 0.658. The topological polar surface area (TPSA) is 58.6 Å². The summed E-state index contributed by atoms with van der Waals surface area (Å²) in [7, 11) is 0. The van der Waals surface area contributed by atoms with Gasteiger partial charge in [-0.15, -0.1) is 0 Å². The molecule has 0 aliphatic carbocycles. The molecule has 2 aromatic heterocycles. The molecule has 0 aliphatic rings. The van der Waals surface area contributed by atoms with E-state index in [9.17, 15) is 4.79 Å². The lowest BCUT2D eigenvalue weighted by Gasteiger charge is -2.00. The van der Waals surface area contributed by atoms with Crippen molar-refractivity contribution in [1.82, 2.24) is 15.0 Å². The maximum atomic E-state index is 11.5. The first kappa shape index (κ1) is 9.61. The number of halogens is 2. The third-order valence-electron chi connectivity index (χ3n) is 1.74. The number of aromatic amines is 1. The van der Waals surface area contributed by atoms with Gasteiger partial charge in [0.15, 0.2) is 5.15 Å². The van der Waals surface area contributed by atoms with Gasteiger partial charge in [-0.1, -0.05) is 11.6 Å². The zero-order chi connectivity index (χ0) is 10.3. The Bertz CT molecular complexity index is 566. The molecule has 2 rings (SSSR count). The summed E-state index contributed by atoms with van der Waals surface area (Å²) >= 11 is 9.01. The number of fused-ring (bicyclic) bond motifs is 1. The van der Waals surface area contributed by atoms with Crippen molar-refractivity contribution in [2.75, 3.05) is 0 Å². The number of aromatic nitrogens is 3. The highest BCUT2D eigenvalue weighted by Crippen LogP contribution is 2.20. The molecule has 0 bridgehead atoms. The molecule has 14 heavy (non-hydrogen) atoms. The summed E-state index contributed by atoms with van der Waals surface area (Å²) < 4.78 is 0.520. The zero-order valence-corrected chi connectivity index (χ0v) is 9.48. The van der Waals surface area contributed by atoms with Crippen molar-refractivity contribution < 1.29 is 0 Å². The van der Waals surface area contributed by atoms with E-state index in [4.69, 9.17) is 11.6 Å². The fourth-order valence-electron chi connectivity index (χ4n) is 1.18. The Balaban J connectivity index is 3.02. The normalized spacial score (nSPS) is 10.8. The molecule has 0 amide bonds. The van der Waals surface area contributed by atoms with Crippen molar-refractivity contribution in [3.8, 4) is 0 Å². The van der Waals surface area contributed by atoms with E-state index in [-0.39, 0.29) is 10.7 Å². The van der Waals surface area contributed by atoms with Crippen LogP contribution >= 0.6 is 27.5 Å². The fraction of sp³-hybridized carbons (Fsp3) is 0.125. The second kappa shape index (κ2) is 3.33. The molecule has 0 unspecified atom stereocenters. The van der Waals surface area contributed by atoms with Gasteiger partial charge >= 0.3 is 0 Å². The standard InChI is InChI=1S/C8H5BrClN3O/c1-3-11-6-4(8(14)12-3)2-5(9)13-7(6)10/h2H,1H3,(H,11,12,14). The quantitative estimate of drug-likeness (QED) is 0.748. The molecule has 0 atom stereocenters. The summed E-state index contributed by atoms with van der Waals surface area (Å²) in [6, 6.07) is 1.59. The van der Waals surface area contributed by atoms with Gasteiger partial charge in [-0.25, -0.2) is 9.97 Å². The minimum Gasteiger partial charge on any atom is -0.310 e. The maximum Gasteiger partial charge on any atom is 0.258 e. The lowest BCUT2D eigenvalue weighted by Crippen LogP contribution is -2.10. The van der Waals surface area contributed by atoms with Crippen molar-refractivity contribution in [3.63, 3.8) is 0 Å². The lowest BCUT2D eigenvalue weighted by atomic mass is 10.3. The second-order valence-corrected chi connectivity index (χ2v) is 3.95. The highest BCUT2D eigenvalue weighted by Gasteiger charge is 2.07. The maximum absolute atomic E-state index is 11.5. The number of hydrogen-bond acceptors (Lipinski definition) is 3. The Hall–Kier alpha value is -0.940. The summed E-state index contributed by atoms with van der Waals surface area (Å²) in [6.07, 6.45) is 0. The number of aryl methyl sites for hydroxylation is 1. The van der Waals surface area contributed by atoms with E-state index in [0.717, 1.165) is 0 Å². The van der Waals surface area contributed by atoms with Crippen molar-refractivity contribution in [2.24, 2.45) is 0 Å². The van der Waals surface area contributed by atoms with E-state index < -0.39 is 0 Å². The van der Waals surface area contributed by atoms with Gasteiger partial charge < -0.3 is 4.98 Å². The third-order valence-corrected chi connectivity index (χ3v) is 2.41. The van der Waals surface area contributed by atoms with Gasteiger partial charge in [-0.05, 0) is 28.9 Å². The van der Waals surface area contributed by atoms with Crippen LogP contribution in [0.4, 0.5) is 0 Å². The largest absolute Gasteiger partial charge is 0.310 e. The molecule has 0 aliphatic heterocycles. The van der Waals surface area contributed by atoms with Gasteiger partial charge in [0, 0.05) is 0 Å². The molecule has 6 heteroatoms. The number of rotatable bonds is 0. The second-order valence-electron chi connectivity index (χ2n) is 2.78. The van der Waals surface area contributed by atoms with Crippen LogP contribution < -0.4 is 5.56 Å². The van der Waals surface area contributed by atoms with Crippen LogP contribution in [0.1, 0.15) is 5.82 Å². The Kier molecular flexibility index (Phi) is 2.28. The van der Waals surface area contributed by atoms with Gasteiger partial charge in [-0.3, -0.25) is 4.79 Å². The molecule has 0 fully saturated rings. The molecule has 1 N–H and O–H groups in total. The van der Waals surface area contributed by atoms with Crippen LogP contribution in [0.2, 0.25) is 5.15 Å². The van der Waals surface area contributed by atoms with Crippen molar-refractivity contribution in [2.45, 2.75) is 6.92 Å². The van der Waals surface area contributed by atoms with Gasteiger partial charge in [-0.2, -0.15) is 0 Å². The first-order valence-corrected chi connectivity index (χ1v) is 4.97. The molecule has 72 valence electrons. The van der Waals surface area contributed by atoms with Crippen LogP contribution in [0.15, 0.2) is 15.5 Å². The fourth-order valence-corrected chi connectivity index (χ4v) is 1.93. The molecule has 2 aromatic rings. The summed E-state index contributed by atoms with van der Waals surface area (Å²) in [6.45, 7) is 1.69. The molecule has 0 saturated carbocycles. The van der Waals surface area contributed by atoms with Gasteiger partial charge in [0.25, 0.3) is 5.56 Å². The lowest BCUT2D eigenvalue weighted by molar-refractivity contribution is 1.05. The summed E-state index contributed by atoms with van der Waals surface area (Å²) in [5.41, 5.74) is 0.216. The van der Waals surface area contributed by atoms with E-state index in [1.54, 1.807) is 13.0 Å². The average molecular weight is 275 g/mol.